The van der Waals surface area contributed by atoms with Crippen LogP contribution in [0.3, 0.4) is 0 Å². The molecule has 0 amide bonds. The molecule has 2 heteroatoms. The number of thiol groups is 1. The van der Waals surface area contributed by atoms with Crippen LogP contribution in [0, 0.1) is 0 Å². The number of methoxy groups -OCH3 is 1. The van der Waals surface area contributed by atoms with Gasteiger partial charge in [-0.15, -0.1) is 0 Å². The maximum atomic E-state index is 5.04. The van der Waals surface area contributed by atoms with Crippen LogP contribution in [0.5, 0.6) is 0 Å². The van der Waals surface area contributed by atoms with Crippen molar-refractivity contribution in [2.24, 2.45) is 0 Å². The SMILES string of the molecule is COCc1cccc(CCS)c1. The van der Waals surface area contributed by atoms with Gasteiger partial charge in [0.05, 0.1) is 6.61 Å². The second-order valence-electron chi connectivity index (χ2n) is 2.73. The van der Waals surface area contributed by atoms with Gasteiger partial charge in [-0.3, -0.25) is 0 Å². The molecule has 0 aromatic heterocycles. The minimum Gasteiger partial charge on any atom is -0.380 e. The Morgan fingerprint density at radius 3 is 2.75 bits per heavy atom. The standard InChI is InChI=1S/C10H14OS/c1-11-8-10-4-2-3-9(7-10)5-6-12/h2-4,7,12H,5-6,8H2,1H3. The first-order chi connectivity index (χ1) is 5.86. The molecule has 0 radical (unpaired) electrons. The molecule has 66 valence electrons. The minimum atomic E-state index is 0.695. The van der Waals surface area contributed by atoms with Gasteiger partial charge in [0.25, 0.3) is 0 Å². The number of benzene rings is 1. The number of hydrogen-bond acceptors (Lipinski definition) is 2. The first-order valence-electron chi connectivity index (χ1n) is 4.04. The van der Waals surface area contributed by atoms with E-state index in [2.05, 4.69) is 36.9 Å². The topological polar surface area (TPSA) is 9.23 Å². The second-order valence-corrected chi connectivity index (χ2v) is 3.17. The number of aryl methyl sites for hydroxylation is 1. The molecule has 0 atom stereocenters. The molecule has 0 aliphatic rings. The Hall–Kier alpha value is -0.470. The van der Waals surface area contributed by atoms with Gasteiger partial charge in [-0.2, -0.15) is 12.6 Å². The quantitative estimate of drug-likeness (QED) is 0.703. The molecule has 1 aromatic carbocycles. The largest absolute Gasteiger partial charge is 0.380 e. The summed E-state index contributed by atoms with van der Waals surface area (Å²) in [5.41, 5.74) is 2.57. The van der Waals surface area contributed by atoms with Crippen LogP contribution in [-0.4, -0.2) is 12.9 Å². The number of hydrogen-bond donors (Lipinski definition) is 1. The fourth-order valence-corrected chi connectivity index (χ4v) is 1.43. The van der Waals surface area contributed by atoms with Crippen LogP contribution in [0.4, 0.5) is 0 Å². The van der Waals surface area contributed by atoms with Crippen LogP contribution < -0.4 is 0 Å². The van der Waals surface area contributed by atoms with E-state index in [0.29, 0.717) is 6.61 Å². The third kappa shape index (κ3) is 2.88. The van der Waals surface area contributed by atoms with E-state index in [-0.39, 0.29) is 0 Å². The lowest BCUT2D eigenvalue weighted by Gasteiger charge is -2.02. The first kappa shape index (κ1) is 9.62. The third-order valence-electron chi connectivity index (χ3n) is 1.70. The van der Waals surface area contributed by atoms with Gasteiger partial charge in [0.15, 0.2) is 0 Å². The van der Waals surface area contributed by atoms with E-state index in [1.54, 1.807) is 7.11 Å². The van der Waals surface area contributed by atoms with Crippen LogP contribution in [0.2, 0.25) is 0 Å². The van der Waals surface area contributed by atoms with Crippen molar-refractivity contribution in [2.45, 2.75) is 13.0 Å². The summed E-state index contributed by atoms with van der Waals surface area (Å²) in [5.74, 6) is 0.899. The molecule has 0 unspecified atom stereocenters. The predicted octanol–water partition coefficient (Wildman–Crippen LogP) is 2.31. The highest BCUT2D eigenvalue weighted by atomic mass is 32.1. The first-order valence-corrected chi connectivity index (χ1v) is 4.67. The zero-order chi connectivity index (χ0) is 8.81. The normalized spacial score (nSPS) is 10.2. The van der Waals surface area contributed by atoms with E-state index >= 15 is 0 Å². The van der Waals surface area contributed by atoms with Gasteiger partial charge in [0.2, 0.25) is 0 Å². The monoisotopic (exact) mass is 182 g/mol. The van der Waals surface area contributed by atoms with Crippen molar-refractivity contribution in [3.8, 4) is 0 Å². The third-order valence-corrected chi connectivity index (χ3v) is 1.93. The highest BCUT2D eigenvalue weighted by molar-refractivity contribution is 7.80. The molecule has 0 saturated carbocycles. The molecule has 12 heavy (non-hydrogen) atoms. The van der Waals surface area contributed by atoms with Gasteiger partial charge in [-0.05, 0) is 23.3 Å². The molecule has 0 heterocycles. The van der Waals surface area contributed by atoms with Crippen molar-refractivity contribution in [1.82, 2.24) is 0 Å². The fraction of sp³-hybridized carbons (Fsp3) is 0.400. The molecule has 1 aromatic rings. The van der Waals surface area contributed by atoms with E-state index in [9.17, 15) is 0 Å². The maximum absolute atomic E-state index is 5.04. The zero-order valence-electron chi connectivity index (χ0n) is 7.29. The minimum absolute atomic E-state index is 0.695. The van der Waals surface area contributed by atoms with Crippen LogP contribution in [-0.2, 0) is 17.8 Å². The Labute approximate surface area is 79.2 Å². The van der Waals surface area contributed by atoms with Crippen LogP contribution in [0.1, 0.15) is 11.1 Å². The van der Waals surface area contributed by atoms with Crippen LogP contribution >= 0.6 is 12.6 Å². The number of rotatable bonds is 4. The van der Waals surface area contributed by atoms with Crippen molar-refractivity contribution < 1.29 is 4.74 Å². The Morgan fingerprint density at radius 2 is 2.08 bits per heavy atom. The Kier molecular flexibility index (Phi) is 4.19. The van der Waals surface area contributed by atoms with Crippen LogP contribution in [0.15, 0.2) is 24.3 Å². The smallest absolute Gasteiger partial charge is 0.0713 e. The Morgan fingerprint density at radius 1 is 1.33 bits per heavy atom. The van der Waals surface area contributed by atoms with Gasteiger partial charge >= 0.3 is 0 Å². The summed E-state index contributed by atoms with van der Waals surface area (Å²) in [7, 11) is 1.71. The molecule has 0 fully saturated rings. The molecule has 0 N–H and O–H groups in total. The summed E-state index contributed by atoms with van der Waals surface area (Å²) in [6.07, 6.45) is 1.03. The van der Waals surface area contributed by atoms with Crippen molar-refractivity contribution in [2.75, 3.05) is 12.9 Å². The van der Waals surface area contributed by atoms with E-state index in [1.165, 1.54) is 11.1 Å². The average Bonchev–Trinajstić information content (AvgIpc) is 2.06. The van der Waals surface area contributed by atoms with E-state index in [1.807, 2.05) is 0 Å². The summed E-state index contributed by atoms with van der Waals surface area (Å²) in [5, 5.41) is 0. The number of ether oxygens (including phenoxy) is 1. The van der Waals surface area contributed by atoms with Crippen LogP contribution in [0.25, 0.3) is 0 Å². The Bertz CT molecular complexity index is 214. The highest BCUT2D eigenvalue weighted by Gasteiger charge is 1.94. The van der Waals surface area contributed by atoms with Gasteiger partial charge in [0.1, 0.15) is 0 Å². The molecule has 1 rings (SSSR count). The summed E-state index contributed by atoms with van der Waals surface area (Å²) in [4.78, 5) is 0. The Balaban J connectivity index is 2.67. The second kappa shape index (κ2) is 5.22. The molecule has 0 spiro atoms. The zero-order valence-corrected chi connectivity index (χ0v) is 8.18. The van der Waals surface area contributed by atoms with Gasteiger partial charge in [-0.25, -0.2) is 0 Å². The molecule has 0 aliphatic heterocycles. The fourth-order valence-electron chi connectivity index (χ4n) is 1.17. The lowest BCUT2D eigenvalue weighted by molar-refractivity contribution is 0.185. The average molecular weight is 182 g/mol. The lowest BCUT2D eigenvalue weighted by atomic mass is 10.1. The predicted molar refractivity (Wildman–Crippen MR) is 54.7 cm³/mol. The maximum Gasteiger partial charge on any atom is 0.0713 e. The van der Waals surface area contributed by atoms with E-state index in [4.69, 9.17) is 4.74 Å². The molecule has 0 saturated heterocycles. The van der Waals surface area contributed by atoms with Gasteiger partial charge in [-0.1, -0.05) is 24.3 Å². The summed E-state index contributed by atoms with van der Waals surface area (Å²) >= 11 is 4.19. The van der Waals surface area contributed by atoms with Gasteiger partial charge in [0, 0.05) is 7.11 Å². The van der Waals surface area contributed by atoms with Gasteiger partial charge < -0.3 is 4.74 Å². The molecule has 0 aliphatic carbocycles. The lowest BCUT2D eigenvalue weighted by Crippen LogP contribution is -1.91. The van der Waals surface area contributed by atoms with E-state index < -0.39 is 0 Å². The molecular formula is C10H14OS. The molecular weight excluding hydrogens is 168 g/mol. The van der Waals surface area contributed by atoms with Crippen molar-refractivity contribution in [3.05, 3.63) is 35.4 Å². The summed E-state index contributed by atoms with van der Waals surface area (Å²) < 4.78 is 5.04. The summed E-state index contributed by atoms with van der Waals surface area (Å²) in [6.45, 7) is 0.695. The highest BCUT2D eigenvalue weighted by Crippen LogP contribution is 2.07. The van der Waals surface area contributed by atoms with Crippen molar-refractivity contribution >= 4 is 12.6 Å². The van der Waals surface area contributed by atoms with Crippen molar-refractivity contribution in [3.63, 3.8) is 0 Å². The van der Waals surface area contributed by atoms with Crippen molar-refractivity contribution in [1.29, 1.82) is 0 Å². The molecule has 1 nitrogen and oxygen atoms in total. The molecule has 0 bridgehead atoms. The van der Waals surface area contributed by atoms with E-state index in [0.717, 1.165) is 12.2 Å². The summed E-state index contributed by atoms with van der Waals surface area (Å²) in [6, 6.07) is 8.42.